The van der Waals surface area contributed by atoms with Gasteiger partial charge in [-0.2, -0.15) is 0 Å². The van der Waals surface area contributed by atoms with E-state index >= 15 is 0 Å². The standard InChI is InChI=1S/C24H15Br2I2NO3/c1-13-7-16(5-6-20(13)28)23-29-21(24(30)32-23)11-15-9-18(25)22(19(26)10-15)31-12-14-3-2-4-17(27)8-14/h2-11H,12H2,1H3/b21-11-. The van der Waals surface area contributed by atoms with E-state index < -0.39 is 5.97 Å². The molecule has 0 aromatic heterocycles. The number of aryl methyl sites for hydroxylation is 1. The molecule has 0 saturated heterocycles. The van der Waals surface area contributed by atoms with E-state index in [1.807, 2.05) is 55.5 Å². The van der Waals surface area contributed by atoms with Gasteiger partial charge in [-0.15, -0.1) is 0 Å². The minimum absolute atomic E-state index is 0.252. The fraction of sp³-hybridized carbons (Fsp3) is 0.0833. The van der Waals surface area contributed by atoms with E-state index in [1.165, 1.54) is 0 Å². The molecule has 0 saturated carbocycles. The van der Waals surface area contributed by atoms with Gasteiger partial charge in [-0.25, -0.2) is 9.79 Å². The van der Waals surface area contributed by atoms with Crippen molar-refractivity contribution >= 4 is 95.0 Å². The maximum atomic E-state index is 12.4. The zero-order valence-corrected chi connectivity index (χ0v) is 24.2. The maximum absolute atomic E-state index is 12.4. The molecule has 1 aliphatic rings. The Morgan fingerprint density at radius 1 is 1.06 bits per heavy atom. The molecule has 0 bridgehead atoms. The predicted molar refractivity (Wildman–Crippen MR) is 150 cm³/mol. The summed E-state index contributed by atoms with van der Waals surface area (Å²) in [5, 5.41) is 0. The average Bonchev–Trinajstić information content (AvgIpc) is 3.10. The van der Waals surface area contributed by atoms with Crippen molar-refractivity contribution in [3.8, 4) is 5.75 Å². The Balaban J connectivity index is 1.56. The van der Waals surface area contributed by atoms with E-state index in [4.69, 9.17) is 9.47 Å². The molecule has 0 radical (unpaired) electrons. The second kappa shape index (κ2) is 10.4. The Morgan fingerprint density at radius 2 is 1.81 bits per heavy atom. The van der Waals surface area contributed by atoms with Crippen molar-refractivity contribution in [3.05, 3.63) is 98.6 Å². The van der Waals surface area contributed by atoms with Crippen molar-refractivity contribution in [2.45, 2.75) is 13.5 Å². The highest BCUT2D eigenvalue weighted by Crippen LogP contribution is 2.36. The largest absolute Gasteiger partial charge is 0.487 e. The summed E-state index contributed by atoms with van der Waals surface area (Å²) >= 11 is 11.7. The Bertz CT molecular complexity index is 1260. The van der Waals surface area contributed by atoms with Crippen LogP contribution in [0, 0.1) is 14.1 Å². The van der Waals surface area contributed by atoms with Crippen LogP contribution in [-0.4, -0.2) is 11.9 Å². The molecule has 0 amide bonds. The summed E-state index contributed by atoms with van der Waals surface area (Å²) in [6, 6.07) is 17.8. The first-order valence-electron chi connectivity index (χ1n) is 9.45. The van der Waals surface area contributed by atoms with Gasteiger partial charge in [0.2, 0.25) is 5.90 Å². The first kappa shape index (κ1) is 23.9. The van der Waals surface area contributed by atoms with Gasteiger partial charge in [0.05, 0.1) is 8.95 Å². The number of esters is 1. The number of hydrogen-bond acceptors (Lipinski definition) is 4. The molecule has 0 aliphatic carbocycles. The lowest BCUT2D eigenvalue weighted by Crippen LogP contribution is -2.05. The monoisotopic (exact) mass is 777 g/mol. The lowest BCUT2D eigenvalue weighted by Gasteiger charge is -2.12. The van der Waals surface area contributed by atoms with Crippen LogP contribution in [0.3, 0.4) is 0 Å². The third-order valence-corrected chi connectivity index (χ3v) is 7.68. The van der Waals surface area contributed by atoms with E-state index in [9.17, 15) is 4.79 Å². The summed E-state index contributed by atoms with van der Waals surface area (Å²) in [7, 11) is 0. The molecule has 4 rings (SSSR count). The van der Waals surface area contributed by atoms with Gasteiger partial charge < -0.3 is 9.47 Å². The topological polar surface area (TPSA) is 47.9 Å². The Hall–Kier alpha value is -1.24. The van der Waals surface area contributed by atoms with Gasteiger partial charge in [-0.1, -0.05) is 12.1 Å². The third kappa shape index (κ3) is 5.63. The summed E-state index contributed by atoms with van der Waals surface area (Å²) in [4.78, 5) is 16.8. The smallest absolute Gasteiger partial charge is 0.363 e. The molecule has 0 fully saturated rings. The highest BCUT2D eigenvalue weighted by molar-refractivity contribution is 14.1. The number of hydrogen-bond donors (Lipinski definition) is 0. The number of benzene rings is 3. The summed E-state index contributed by atoms with van der Waals surface area (Å²) in [5.74, 6) is 0.539. The minimum atomic E-state index is -0.470. The number of carbonyl (C=O) groups is 1. The number of cyclic esters (lactones) is 1. The van der Waals surface area contributed by atoms with Crippen LogP contribution in [0.5, 0.6) is 5.75 Å². The summed E-state index contributed by atoms with van der Waals surface area (Å²) in [6.07, 6.45) is 1.70. The zero-order chi connectivity index (χ0) is 22.8. The van der Waals surface area contributed by atoms with Crippen LogP contribution in [0.15, 0.2) is 74.2 Å². The number of ether oxygens (including phenoxy) is 2. The van der Waals surface area contributed by atoms with Crippen molar-refractivity contribution in [1.29, 1.82) is 0 Å². The van der Waals surface area contributed by atoms with Gasteiger partial charge in [0, 0.05) is 12.7 Å². The van der Waals surface area contributed by atoms with Crippen molar-refractivity contribution < 1.29 is 14.3 Å². The molecule has 3 aromatic rings. The molecule has 0 spiro atoms. The molecule has 0 unspecified atom stereocenters. The molecular formula is C24H15Br2I2NO3. The highest BCUT2D eigenvalue weighted by Gasteiger charge is 2.24. The number of halogens is 4. The fourth-order valence-electron chi connectivity index (χ4n) is 3.05. The second-order valence-electron chi connectivity index (χ2n) is 7.03. The summed E-state index contributed by atoms with van der Waals surface area (Å²) < 4.78 is 15.3. The fourth-order valence-corrected chi connectivity index (χ4v) is 5.45. The Kier molecular flexibility index (Phi) is 7.73. The molecule has 0 N–H and O–H groups in total. The van der Waals surface area contributed by atoms with Gasteiger partial charge >= 0.3 is 5.97 Å². The van der Waals surface area contributed by atoms with E-state index in [1.54, 1.807) is 6.08 Å². The quantitative estimate of drug-likeness (QED) is 0.152. The lowest BCUT2D eigenvalue weighted by atomic mass is 10.1. The molecule has 1 aliphatic heterocycles. The van der Waals surface area contributed by atoms with Crippen molar-refractivity contribution in [2.24, 2.45) is 4.99 Å². The van der Waals surface area contributed by atoms with Crippen LogP contribution in [0.1, 0.15) is 22.3 Å². The van der Waals surface area contributed by atoms with Gasteiger partial charge in [0.25, 0.3) is 0 Å². The van der Waals surface area contributed by atoms with E-state index in [-0.39, 0.29) is 5.70 Å². The molecule has 0 atom stereocenters. The Morgan fingerprint density at radius 3 is 2.50 bits per heavy atom. The number of rotatable bonds is 5. The van der Waals surface area contributed by atoms with Crippen molar-refractivity contribution in [3.63, 3.8) is 0 Å². The van der Waals surface area contributed by atoms with Crippen LogP contribution in [0.25, 0.3) is 6.08 Å². The molecule has 32 heavy (non-hydrogen) atoms. The first-order valence-corrected chi connectivity index (χ1v) is 13.2. The van der Waals surface area contributed by atoms with Crippen LogP contribution in [-0.2, 0) is 16.1 Å². The summed E-state index contributed by atoms with van der Waals surface area (Å²) in [6.45, 7) is 2.46. The van der Waals surface area contributed by atoms with Crippen LogP contribution < -0.4 is 4.74 Å². The average molecular weight is 779 g/mol. The maximum Gasteiger partial charge on any atom is 0.363 e. The lowest BCUT2D eigenvalue weighted by molar-refractivity contribution is -0.129. The van der Waals surface area contributed by atoms with Crippen LogP contribution >= 0.6 is 77.0 Å². The van der Waals surface area contributed by atoms with E-state index in [2.05, 4.69) is 88.1 Å². The molecular weight excluding hydrogens is 764 g/mol. The molecule has 162 valence electrons. The predicted octanol–water partition coefficient (Wildman–Crippen LogP) is 7.65. The molecule has 4 nitrogen and oxygen atoms in total. The highest BCUT2D eigenvalue weighted by atomic mass is 127. The normalized spacial score (nSPS) is 14.5. The first-order chi connectivity index (χ1) is 15.3. The van der Waals surface area contributed by atoms with Crippen LogP contribution in [0.4, 0.5) is 0 Å². The van der Waals surface area contributed by atoms with Crippen molar-refractivity contribution in [1.82, 2.24) is 0 Å². The summed E-state index contributed by atoms with van der Waals surface area (Å²) in [5.41, 5.74) is 4.02. The van der Waals surface area contributed by atoms with Gasteiger partial charge in [-0.05, 0) is 149 Å². The van der Waals surface area contributed by atoms with E-state index in [0.29, 0.717) is 18.3 Å². The third-order valence-electron chi connectivity index (χ3n) is 4.62. The SMILES string of the molecule is Cc1cc(C2=N/C(=C\c3cc(Br)c(OCc4cccc(I)c4)c(Br)c3)C(=O)O2)ccc1I. The molecule has 3 aromatic carbocycles. The van der Waals surface area contributed by atoms with Crippen LogP contribution in [0.2, 0.25) is 0 Å². The van der Waals surface area contributed by atoms with Crippen molar-refractivity contribution in [2.75, 3.05) is 0 Å². The van der Waals surface area contributed by atoms with Gasteiger partial charge in [0.1, 0.15) is 12.4 Å². The number of nitrogens with zero attached hydrogens (tertiary/aromatic N) is 1. The molecule has 1 heterocycles. The number of carbonyl (C=O) groups excluding carboxylic acids is 1. The molecule has 8 heteroatoms. The van der Waals surface area contributed by atoms with Gasteiger partial charge in [-0.3, -0.25) is 0 Å². The Labute approximate surface area is 230 Å². The number of aliphatic imine (C=N–C) groups is 1. The second-order valence-corrected chi connectivity index (χ2v) is 11.1. The van der Waals surface area contributed by atoms with Gasteiger partial charge in [0.15, 0.2) is 5.70 Å². The minimum Gasteiger partial charge on any atom is -0.487 e. The zero-order valence-electron chi connectivity index (χ0n) is 16.7. The van der Waals surface area contributed by atoms with E-state index in [0.717, 1.165) is 38.3 Å².